The minimum Gasteiger partial charge on any atom is -0.312 e. The maximum absolute atomic E-state index is 14.1. The van der Waals surface area contributed by atoms with Gasteiger partial charge in [0, 0.05) is 23.4 Å². The summed E-state index contributed by atoms with van der Waals surface area (Å²) in [4.78, 5) is 12.3. The molecule has 0 radical (unpaired) electrons. The third-order valence-electron chi connectivity index (χ3n) is 4.03. The topological polar surface area (TPSA) is 22.0 Å². The number of halogens is 2. The molecule has 0 bridgehead atoms. The zero-order valence-corrected chi connectivity index (χ0v) is 12.3. The zero-order valence-electron chi connectivity index (χ0n) is 12.3. The van der Waals surface area contributed by atoms with Gasteiger partial charge in [0.1, 0.15) is 17.3 Å². The van der Waals surface area contributed by atoms with Crippen LogP contribution in [0.4, 0.5) is 8.78 Å². The number of aryl methyl sites for hydroxylation is 1. The lowest BCUT2D eigenvalue weighted by molar-refractivity contribution is 0.0911. The van der Waals surface area contributed by atoms with E-state index in [0.717, 1.165) is 0 Å². The molecular weight excluding hydrogens is 272 g/mol. The van der Waals surface area contributed by atoms with Crippen molar-refractivity contribution in [3.8, 4) is 5.69 Å². The van der Waals surface area contributed by atoms with Crippen LogP contribution < -0.4 is 0 Å². The predicted octanol–water partition coefficient (Wildman–Crippen LogP) is 4.22. The number of aromatic nitrogens is 1. The summed E-state index contributed by atoms with van der Waals surface area (Å²) in [5.41, 5.74) is 1.68. The van der Waals surface area contributed by atoms with Crippen LogP contribution >= 0.6 is 0 Å². The van der Waals surface area contributed by atoms with E-state index in [1.165, 1.54) is 18.2 Å². The summed E-state index contributed by atoms with van der Waals surface area (Å²) in [5, 5.41) is 0. The molecule has 2 nitrogen and oxygen atoms in total. The fourth-order valence-corrected chi connectivity index (χ4v) is 3.17. The summed E-state index contributed by atoms with van der Waals surface area (Å²) >= 11 is 0. The van der Waals surface area contributed by atoms with Crippen molar-refractivity contribution in [1.29, 1.82) is 0 Å². The monoisotopic (exact) mass is 289 g/mol. The molecule has 4 heteroatoms. The van der Waals surface area contributed by atoms with Crippen LogP contribution in [0.15, 0.2) is 24.3 Å². The third-order valence-corrected chi connectivity index (χ3v) is 4.03. The van der Waals surface area contributed by atoms with Crippen LogP contribution in [0.3, 0.4) is 0 Å². The van der Waals surface area contributed by atoms with Crippen LogP contribution in [0.1, 0.15) is 42.0 Å². The van der Waals surface area contributed by atoms with Crippen LogP contribution in [0.25, 0.3) is 5.69 Å². The number of ketones is 1. The predicted molar refractivity (Wildman–Crippen MR) is 76.9 cm³/mol. The highest BCUT2D eigenvalue weighted by molar-refractivity contribution is 5.99. The first-order chi connectivity index (χ1) is 9.80. The smallest absolute Gasteiger partial charge is 0.165 e. The Balaban J connectivity index is 2.29. The molecule has 1 heterocycles. The van der Waals surface area contributed by atoms with Gasteiger partial charge in [-0.2, -0.15) is 0 Å². The summed E-state index contributed by atoms with van der Waals surface area (Å²) in [6, 6.07) is 5.55. The molecular formula is C17H17F2NO. The Bertz CT molecular complexity index is 723. The second-order valence-corrected chi connectivity index (χ2v) is 6.49. The van der Waals surface area contributed by atoms with Crippen LogP contribution in [0.2, 0.25) is 0 Å². The summed E-state index contributed by atoms with van der Waals surface area (Å²) < 4.78 is 29.8. The molecule has 1 aromatic heterocycles. The molecule has 0 saturated heterocycles. The van der Waals surface area contributed by atoms with E-state index in [4.69, 9.17) is 0 Å². The number of hydrogen-bond donors (Lipinski definition) is 0. The Morgan fingerprint density at radius 2 is 1.76 bits per heavy atom. The molecule has 1 aliphatic carbocycles. The van der Waals surface area contributed by atoms with Gasteiger partial charge in [0.2, 0.25) is 0 Å². The number of carbonyl (C=O) groups is 1. The fraction of sp³-hybridized carbons (Fsp3) is 0.353. The number of carbonyl (C=O) groups excluding carboxylic acids is 1. The average Bonchev–Trinajstić information content (AvgIpc) is 2.66. The third kappa shape index (κ3) is 2.19. The van der Waals surface area contributed by atoms with E-state index in [0.29, 0.717) is 29.8 Å². The molecule has 0 amide bonds. The van der Waals surface area contributed by atoms with Crippen molar-refractivity contribution in [3.63, 3.8) is 0 Å². The van der Waals surface area contributed by atoms with Gasteiger partial charge in [-0.15, -0.1) is 0 Å². The number of para-hydroxylation sites is 1. The van der Waals surface area contributed by atoms with Gasteiger partial charge in [-0.1, -0.05) is 19.9 Å². The Labute approximate surface area is 122 Å². The second kappa shape index (κ2) is 4.52. The first-order valence-electron chi connectivity index (χ1n) is 6.99. The highest BCUT2D eigenvalue weighted by Gasteiger charge is 2.35. The number of Topliss-reactive ketones (excluding diaryl/α,β-unsaturated/α-hetero) is 1. The van der Waals surface area contributed by atoms with E-state index in [-0.39, 0.29) is 16.9 Å². The van der Waals surface area contributed by atoms with Gasteiger partial charge in [0.25, 0.3) is 0 Å². The molecule has 0 fully saturated rings. The minimum absolute atomic E-state index is 0.0415. The lowest BCUT2D eigenvalue weighted by atomic mass is 9.76. The lowest BCUT2D eigenvalue weighted by Crippen LogP contribution is -2.28. The Morgan fingerprint density at radius 1 is 1.14 bits per heavy atom. The summed E-state index contributed by atoms with van der Waals surface area (Å²) in [7, 11) is 0. The van der Waals surface area contributed by atoms with Crippen molar-refractivity contribution in [3.05, 3.63) is 52.9 Å². The standard InChI is InChI=1S/C17H17F2NO/c1-10-7-11-14(8-17(2,3)9-15(11)21)20(10)16-12(18)5-4-6-13(16)19/h4-7H,8-9H2,1-3H3. The van der Waals surface area contributed by atoms with Gasteiger partial charge in [-0.05, 0) is 37.0 Å². The first kappa shape index (κ1) is 14.0. The summed E-state index contributed by atoms with van der Waals surface area (Å²) in [6.07, 6.45) is 1.08. The normalized spacial score (nSPS) is 16.9. The molecule has 1 aliphatic rings. The van der Waals surface area contributed by atoms with E-state index in [1.54, 1.807) is 17.6 Å². The van der Waals surface area contributed by atoms with Gasteiger partial charge in [-0.3, -0.25) is 4.79 Å². The zero-order chi connectivity index (χ0) is 15.4. The molecule has 0 spiro atoms. The van der Waals surface area contributed by atoms with E-state index in [9.17, 15) is 13.6 Å². The van der Waals surface area contributed by atoms with Crippen LogP contribution in [0.5, 0.6) is 0 Å². The van der Waals surface area contributed by atoms with Gasteiger partial charge < -0.3 is 4.57 Å². The average molecular weight is 289 g/mol. The molecule has 0 aliphatic heterocycles. The van der Waals surface area contributed by atoms with Gasteiger partial charge in [0.15, 0.2) is 5.78 Å². The molecule has 2 aromatic rings. The number of fused-ring (bicyclic) bond motifs is 1. The molecule has 0 unspecified atom stereocenters. The first-order valence-corrected chi connectivity index (χ1v) is 6.99. The van der Waals surface area contributed by atoms with Crippen molar-refractivity contribution >= 4 is 5.78 Å². The van der Waals surface area contributed by atoms with Gasteiger partial charge >= 0.3 is 0 Å². The second-order valence-electron chi connectivity index (χ2n) is 6.49. The molecule has 0 N–H and O–H groups in total. The maximum atomic E-state index is 14.1. The van der Waals surface area contributed by atoms with Crippen molar-refractivity contribution in [2.24, 2.45) is 5.41 Å². The Hall–Kier alpha value is -1.97. The highest BCUT2D eigenvalue weighted by atomic mass is 19.1. The highest BCUT2D eigenvalue weighted by Crippen LogP contribution is 2.38. The number of benzene rings is 1. The molecule has 21 heavy (non-hydrogen) atoms. The SMILES string of the molecule is Cc1cc2c(n1-c1c(F)cccc1F)CC(C)(C)CC2=O. The number of hydrogen-bond acceptors (Lipinski definition) is 1. The van der Waals surface area contributed by atoms with Gasteiger partial charge in [-0.25, -0.2) is 8.78 Å². The maximum Gasteiger partial charge on any atom is 0.165 e. The van der Waals surface area contributed by atoms with E-state index in [2.05, 4.69) is 0 Å². The number of rotatable bonds is 1. The van der Waals surface area contributed by atoms with Crippen molar-refractivity contribution < 1.29 is 13.6 Å². The van der Waals surface area contributed by atoms with Gasteiger partial charge in [0.05, 0.1) is 0 Å². The van der Waals surface area contributed by atoms with Crippen molar-refractivity contribution in [2.75, 3.05) is 0 Å². The minimum atomic E-state index is -0.618. The molecule has 0 saturated carbocycles. The Morgan fingerprint density at radius 3 is 2.38 bits per heavy atom. The van der Waals surface area contributed by atoms with Crippen molar-refractivity contribution in [1.82, 2.24) is 4.57 Å². The van der Waals surface area contributed by atoms with E-state index >= 15 is 0 Å². The Kier molecular flexibility index (Phi) is 3.01. The van der Waals surface area contributed by atoms with Crippen molar-refractivity contribution in [2.45, 2.75) is 33.6 Å². The quantitative estimate of drug-likeness (QED) is 0.770. The largest absolute Gasteiger partial charge is 0.312 e. The molecule has 1 aromatic carbocycles. The molecule has 0 atom stereocenters. The van der Waals surface area contributed by atoms with Crippen LogP contribution in [0, 0.1) is 24.0 Å². The lowest BCUT2D eigenvalue weighted by Gasteiger charge is -2.30. The molecule has 3 rings (SSSR count). The van der Waals surface area contributed by atoms with Crippen LogP contribution in [-0.4, -0.2) is 10.4 Å². The van der Waals surface area contributed by atoms with Crippen LogP contribution in [-0.2, 0) is 6.42 Å². The van der Waals surface area contributed by atoms with E-state index < -0.39 is 11.6 Å². The fourth-order valence-electron chi connectivity index (χ4n) is 3.17. The summed E-state index contributed by atoms with van der Waals surface area (Å²) in [5.74, 6) is -1.19. The molecule has 110 valence electrons. The summed E-state index contributed by atoms with van der Waals surface area (Å²) in [6.45, 7) is 5.76. The number of nitrogens with zero attached hydrogens (tertiary/aromatic N) is 1. The van der Waals surface area contributed by atoms with E-state index in [1.807, 2.05) is 13.8 Å².